The zero-order valence-electron chi connectivity index (χ0n) is 14.2. The molecule has 4 rings (SSSR count). The largest absolute Gasteiger partial charge is 0.335 e. The van der Waals surface area contributed by atoms with Gasteiger partial charge in [-0.3, -0.25) is 9.78 Å². The van der Waals surface area contributed by atoms with Crippen LogP contribution in [0.15, 0.2) is 54.9 Å². The Hall–Kier alpha value is -2.82. The highest BCUT2D eigenvalue weighted by Gasteiger charge is 2.30. The van der Waals surface area contributed by atoms with Crippen molar-refractivity contribution in [2.45, 2.75) is 25.3 Å². The van der Waals surface area contributed by atoms with Gasteiger partial charge in [0.25, 0.3) is 0 Å². The maximum absolute atomic E-state index is 13.6. The molecule has 1 aliphatic rings. The molecule has 5 heteroatoms. The van der Waals surface area contributed by atoms with Crippen molar-refractivity contribution in [3.05, 3.63) is 77.6 Å². The molecule has 1 unspecified atom stereocenters. The van der Waals surface area contributed by atoms with Gasteiger partial charge in [-0.15, -0.1) is 0 Å². The fourth-order valence-corrected chi connectivity index (χ4v) is 3.72. The van der Waals surface area contributed by atoms with Crippen LogP contribution in [0.5, 0.6) is 0 Å². The van der Waals surface area contributed by atoms with Gasteiger partial charge < -0.3 is 4.90 Å². The number of pyridine rings is 1. The van der Waals surface area contributed by atoms with Gasteiger partial charge in [-0.1, -0.05) is 30.3 Å². The summed E-state index contributed by atoms with van der Waals surface area (Å²) >= 11 is 0. The predicted octanol–water partition coefficient (Wildman–Crippen LogP) is 4.42. The second-order valence-corrected chi connectivity index (χ2v) is 6.62. The standard InChI is InChI=1S/C21H18F2N2O/c22-18-8-7-14(10-19(18)23)20-6-3-9-25(20)21(26)11-16-13-24-12-15-4-1-2-5-17(15)16/h1-2,4-5,7-8,10,12-13,20H,3,6,9,11H2. The molecule has 0 N–H and O–H groups in total. The molecule has 132 valence electrons. The Morgan fingerprint density at radius 1 is 1.12 bits per heavy atom. The minimum absolute atomic E-state index is 0.0182. The number of hydrogen-bond donors (Lipinski definition) is 0. The van der Waals surface area contributed by atoms with Crippen LogP contribution in [0.25, 0.3) is 10.8 Å². The lowest BCUT2D eigenvalue weighted by Crippen LogP contribution is -2.32. The van der Waals surface area contributed by atoms with E-state index in [2.05, 4.69) is 4.98 Å². The maximum atomic E-state index is 13.6. The minimum Gasteiger partial charge on any atom is -0.335 e. The second kappa shape index (κ2) is 6.83. The van der Waals surface area contributed by atoms with Gasteiger partial charge >= 0.3 is 0 Å². The Balaban J connectivity index is 1.59. The summed E-state index contributed by atoms with van der Waals surface area (Å²) in [5, 5.41) is 2.01. The van der Waals surface area contributed by atoms with Gasteiger partial charge in [-0.05, 0) is 41.5 Å². The summed E-state index contributed by atoms with van der Waals surface area (Å²) in [6.45, 7) is 0.626. The van der Waals surface area contributed by atoms with Gasteiger partial charge in [0.05, 0.1) is 12.5 Å². The van der Waals surface area contributed by atoms with Crippen LogP contribution < -0.4 is 0 Å². The summed E-state index contributed by atoms with van der Waals surface area (Å²) in [5.74, 6) is -1.76. The molecule has 0 spiro atoms. The van der Waals surface area contributed by atoms with Gasteiger partial charge in [-0.25, -0.2) is 8.78 Å². The molecule has 1 aromatic heterocycles. The van der Waals surface area contributed by atoms with E-state index in [1.807, 2.05) is 24.3 Å². The first-order valence-electron chi connectivity index (χ1n) is 8.69. The summed E-state index contributed by atoms with van der Waals surface area (Å²) in [7, 11) is 0. The molecule has 1 amide bonds. The fourth-order valence-electron chi connectivity index (χ4n) is 3.72. The number of carbonyl (C=O) groups is 1. The van der Waals surface area contributed by atoms with Crippen molar-refractivity contribution in [1.29, 1.82) is 0 Å². The topological polar surface area (TPSA) is 33.2 Å². The Bertz CT molecular complexity index is 968. The van der Waals surface area contributed by atoms with Gasteiger partial charge in [0.15, 0.2) is 11.6 Å². The number of likely N-dealkylation sites (tertiary alicyclic amines) is 1. The van der Waals surface area contributed by atoms with E-state index in [0.29, 0.717) is 12.1 Å². The number of amides is 1. The molecule has 1 fully saturated rings. The Labute approximate surface area is 150 Å². The first-order chi connectivity index (χ1) is 12.6. The SMILES string of the molecule is O=C(Cc1cncc2ccccc12)N1CCCC1c1ccc(F)c(F)c1. The minimum atomic E-state index is -0.875. The summed E-state index contributed by atoms with van der Waals surface area (Å²) in [6, 6.07) is 11.5. The lowest BCUT2D eigenvalue weighted by atomic mass is 10.0. The van der Waals surface area contributed by atoms with Crippen LogP contribution in [0.4, 0.5) is 8.78 Å². The van der Waals surface area contributed by atoms with E-state index >= 15 is 0 Å². The van der Waals surface area contributed by atoms with Crippen molar-refractivity contribution in [2.75, 3.05) is 6.54 Å². The van der Waals surface area contributed by atoms with Gasteiger partial charge in [-0.2, -0.15) is 0 Å². The van der Waals surface area contributed by atoms with E-state index in [9.17, 15) is 13.6 Å². The van der Waals surface area contributed by atoms with Crippen molar-refractivity contribution in [3.63, 3.8) is 0 Å². The second-order valence-electron chi connectivity index (χ2n) is 6.62. The van der Waals surface area contributed by atoms with Crippen molar-refractivity contribution < 1.29 is 13.6 Å². The van der Waals surface area contributed by atoms with E-state index in [1.165, 1.54) is 6.07 Å². The van der Waals surface area contributed by atoms with Crippen LogP contribution in [0.1, 0.15) is 30.0 Å². The van der Waals surface area contributed by atoms with E-state index in [4.69, 9.17) is 0 Å². The quantitative estimate of drug-likeness (QED) is 0.699. The molecule has 1 saturated heterocycles. The molecule has 0 saturated carbocycles. The fraction of sp³-hybridized carbons (Fsp3) is 0.238. The van der Waals surface area contributed by atoms with E-state index < -0.39 is 11.6 Å². The van der Waals surface area contributed by atoms with E-state index in [0.717, 1.165) is 35.2 Å². The van der Waals surface area contributed by atoms with Crippen molar-refractivity contribution >= 4 is 16.7 Å². The van der Waals surface area contributed by atoms with Crippen LogP contribution in [-0.2, 0) is 11.2 Å². The predicted molar refractivity (Wildman–Crippen MR) is 95.5 cm³/mol. The number of hydrogen-bond acceptors (Lipinski definition) is 2. The third-order valence-corrected chi connectivity index (χ3v) is 4.99. The average molecular weight is 352 g/mol. The van der Waals surface area contributed by atoms with Gasteiger partial charge in [0.2, 0.25) is 5.91 Å². The van der Waals surface area contributed by atoms with Gasteiger partial charge in [0, 0.05) is 24.3 Å². The molecule has 2 heterocycles. The van der Waals surface area contributed by atoms with Crippen LogP contribution in [0, 0.1) is 11.6 Å². The molecule has 0 radical (unpaired) electrons. The third kappa shape index (κ3) is 3.05. The number of halogens is 2. The highest BCUT2D eigenvalue weighted by Crippen LogP contribution is 2.33. The van der Waals surface area contributed by atoms with Crippen LogP contribution in [0.3, 0.4) is 0 Å². The number of aromatic nitrogens is 1. The lowest BCUT2D eigenvalue weighted by Gasteiger charge is -2.25. The Morgan fingerprint density at radius 2 is 1.96 bits per heavy atom. The maximum Gasteiger partial charge on any atom is 0.227 e. The highest BCUT2D eigenvalue weighted by molar-refractivity contribution is 5.89. The molecule has 26 heavy (non-hydrogen) atoms. The van der Waals surface area contributed by atoms with Crippen LogP contribution >= 0.6 is 0 Å². The Morgan fingerprint density at radius 3 is 2.81 bits per heavy atom. The molecule has 1 atom stereocenters. The molecule has 1 aliphatic heterocycles. The third-order valence-electron chi connectivity index (χ3n) is 4.99. The smallest absolute Gasteiger partial charge is 0.227 e. The van der Waals surface area contributed by atoms with Crippen LogP contribution in [0.2, 0.25) is 0 Å². The van der Waals surface area contributed by atoms with Crippen molar-refractivity contribution in [1.82, 2.24) is 9.88 Å². The summed E-state index contributed by atoms with van der Waals surface area (Å²) in [4.78, 5) is 18.9. The summed E-state index contributed by atoms with van der Waals surface area (Å²) in [5.41, 5.74) is 1.52. The van der Waals surface area contributed by atoms with E-state index in [-0.39, 0.29) is 18.4 Å². The number of rotatable bonds is 3. The Kier molecular flexibility index (Phi) is 4.37. The molecule has 0 bridgehead atoms. The van der Waals surface area contributed by atoms with Crippen LogP contribution in [-0.4, -0.2) is 22.3 Å². The molecular formula is C21H18F2N2O. The monoisotopic (exact) mass is 352 g/mol. The zero-order chi connectivity index (χ0) is 18.1. The number of carbonyl (C=O) groups excluding carboxylic acids is 1. The van der Waals surface area contributed by atoms with Crippen molar-refractivity contribution in [3.8, 4) is 0 Å². The first-order valence-corrected chi connectivity index (χ1v) is 8.69. The number of benzene rings is 2. The number of nitrogens with zero attached hydrogens (tertiary/aromatic N) is 2. The zero-order valence-corrected chi connectivity index (χ0v) is 14.2. The van der Waals surface area contributed by atoms with Crippen molar-refractivity contribution in [2.24, 2.45) is 0 Å². The summed E-state index contributed by atoms with van der Waals surface area (Å²) in [6.07, 6.45) is 5.36. The molecule has 2 aromatic carbocycles. The molecular weight excluding hydrogens is 334 g/mol. The lowest BCUT2D eigenvalue weighted by molar-refractivity contribution is -0.131. The molecule has 3 nitrogen and oxygen atoms in total. The normalized spacial score (nSPS) is 17.0. The highest BCUT2D eigenvalue weighted by atomic mass is 19.2. The molecule has 0 aliphatic carbocycles. The summed E-state index contributed by atoms with van der Waals surface area (Å²) < 4.78 is 26.8. The van der Waals surface area contributed by atoms with Gasteiger partial charge in [0.1, 0.15) is 0 Å². The first kappa shape index (κ1) is 16.6. The number of fused-ring (bicyclic) bond motifs is 1. The van der Waals surface area contributed by atoms with E-state index in [1.54, 1.807) is 23.4 Å². The molecule has 3 aromatic rings. The average Bonchev–Trinajstić information content (AvgIpc) is 3.14.